The summed E-state index contributed by atoms with van der Waals surface area (Å²) in [6.45, 7) is 4.31. The molecular formula is C15H25NO. The summed E-state index contributed by atoms with van der Waals surface area (Å²) in [6.07, 6.45) is 8.98. The van der Waals surface area contributed by atoms with Crippen molar-refractivity contribution in [2.24, 2.45) is 23.7 Å². The van der Waals surface area contributed by atoms with Crippen molar-refractivity contribution in [1.82, 2.24) is 4.90 Å². The van der Waals surface area contributed by atoms with E-state index in [-0.39, 0.29) is 0 Å². The van der Waals surface area contributed by atoms with E-state index in [4.69, 9.17) is 0 Å². The standard InChI is InChI=1S/C15H25NO/c1-11-3-2-6-16(10-11)15(17)9-14-8-12-4-5-13(14)7-12/h11-14H,2-10H2,1H3/t11-,12-,13-,14-/m0/s1. The summed E-state index contributed by atoms with van der Waals surface area (Å²) in [5.41, 5.74) is 0. The molecule has 0 radical (unpaired) electrons. The van der Waals surface area contributed by atoms with Crippen molar-refractivity contribution in [3.8, 4) is 0 Å². The predicted octanol–water partition coefficient (Wildman–Crippen LogP) is 3.07. The molecule has 1 saturated heterocycles. The molecule has 2 saturated carbocycles. The van der Waals surface area contributed by atoms with E-state index < -0.39 is 0 Å². The molecule has 0 unspecified atom stereocenters. The predicted molar refractivity (Wildman–Crippen MR) is 68.5 cm³/mol. The monoisotopic (exact) mass is 235 g/mol. The lowest BCUT2D eigenvalue weighted by Crippen LogP contribution is -2.40. The summed E-state index contributed by atoms with van der Waals surface area (Å²) in [5.74, 6) is 3.77. The first-order valence-corrected chi connectivity index (χ1v) is 7.50. The van der Waals surface area contributed by atoms with Gasteiger partial charge in [0.2, 0.25) is 5.91 Å². The number of likely N-dealkylation sites (tertiary alicyclic amines) is 1. The molecule has 3 fully saturated rings. The molecule has 0 aromatic heterocycles. The number of rotatable bonds is 2. The van der Waals surface area contributed by atoms with Crippen molar-refractivity contribution >= 4 is 5.91 Å². The first kappa shape index (κ1) is 11.6. The van der Waals surface area contributed by atoms with E-state index in [1.807, 2.05) is 0 Å². The van der Waals surface area contributed by atoms with E-state index in [9.17, 15) is 4.79 Å². The van der Waals surface area contributed by atoms with Gasteiger partial charge in [-0.25, -0.2) is 0 Å². The highest BCUT2D eigenvalue weighted by molar-refractivity contribution is 5.76. The average Bonchev–Trinajstić information content (AvgIpc) is 2.91. The summed E-state index contributed by atoms with van der Waals surface area (Å²) in [4.78, 5) is 14.4. The third kappa shape index (κ3) is 2.36. The molecule has 3 rings (SSSR count). The fraction of sp³-hybridized carbons (Fsp3) is 0.933. The van der Waals surface area contributed by atoms with Crippen molar-refractivity contribution in [3.63, 3.8) is 0 Å². The average molecular weight is 235 g/mol. The van der Waals surface area contributed by atoms with Crippen molar-refractivity contribution < 1.29 is 4.79 Å². The van der Waals surface area contributed by atoms with E-state index >= 15 is 0 Å². The van der Waals surface area contributed by atoms with Crippen LogP contribution in [0.2, 0.25) is 0 Å². The highest BCUT2D eigenvalue weighted by Gasteiger charge is 2.40. The van der Waals surface area contributed by atoms with Crippen LogP contribution in [-0.4, -0.2) is 23.9 Å². The highest BCUT2D eigenvalue weighted by Crippen LogP contribution is 2.49. The number of piperidine rings is 1. The van der Waals surface area contributed by atoms with Crippen LogP contribution in [0.4, 0.5) is 0 Å². The topological polar surface area (TPSA) is 20.3 Å². The van der Waals surface area contributed by atoms with Gasteiger partial charge in [-0.3, -0.25) is 4.79 Å². The molecule has 0 aromatic carbocycles. The molecule has 0 spiro atoms. The molecule has 4 atom stereocenters. The Morgan fingerprint density at radius 1 is 1.24 bits per heavy atom. The Kier molecular flexibility index (Phi) is 3.14. The Morgan fingerprint density at radius 3 is 2.76 bits per heavy atom. The number of fused-ring (bicyclic) bond motifs is 2. The maximum atomic E-state index is 12.3. The van der Waals surface area contributed by atoms with E-state index in [1.165, 1.54) is 38.5 Å². The number of amides is 1. The second kappa shape index (κ2) is 4.62. The number of carbonyl (C=O) groups excluding carboxylic acids is 1. The van der Waals surface area contributed by atoms with Gasteiger partial charge in [-0.05, 0) is 55.8 Å². The normalized spacial score (nSPS) is 40.9. The van der Waals surface area contributed by atoms with Crippen LogP contribution in [0, 0.1) is 23.7 Å². The molecule has 96 valence electrons. The van der Waals surface area contributed by atoms with Gasteiger partial charge < -0.3 is 4.90 Å². The van der Waals surface area contributed by atoms with Gasteiger partial charge in [0, 0.05) is 19.5 Å². The van der Waals surface area contributed by atoms with Crippen LogP contribution in [0.1, 0.15) is 51.9 Å². The SMILES string of the molecule is C[C@H]1CCCN(C(=O)C[C@@H]2C[C@H]3CC[C@H]2C3)C1. The van der Waals surface area contributed by atoms with E-state index in [2.05, 4.69) is 11.8 Å². The van der Waals surface area contributed by atoms with Crippen LogP contribution in [0.5, 0.6) is 0 Å². The van der Waals surface area contributed by atoms with Gasteiger partial charge in [0.15, 0.2) is 0 Å². The Balaban J connectivity index is 1.53. The van der Waals surface area contributed by atoms with Crippen molar-refractivity contribution in [3.05, 3.63) is 0 Å². The van der Waals surface area contributed by atoms with E-state index in [1.54, 1.807) is 0 Å². The maximum absolute atomic E-state index is 12.3. The third-order valence-electron chi connectivity index (χ3n) is 5.33. The van der Waals surface area contributed by atoms with Gasteiger partial charge >= 0.3 is 0 Å². The fourth-order valence-corrected chi connectivity index (χ4v) is 4.40. The Hall–Kier alpha value is -0.530. The zero-order valence-corrected chi connectivity index (χ0v) is 11.0. The van der Waals surface area contributed by atoms with Crippen LogP contribution >= 0.6 is 0 Å². The minimum absolute atomic E-state index is 0.453. The highest BCUT2D eigenvalue weighted by atomic mass is 16.2. The van der Waals surface area contributed by atoms with Crippen molar-refractivity contribution in [2.45, 2.75) is 51.9 Å². The second-order valence-corrected chi connectivity index (χ2v) is 6.73. The van der Waals surface area contributed by atoms with Gasteiger partial charge in [0.1, 0.15) is 0 Å². The Morgan fingerprint density at radius 2 is 2.12 bits per heavy atom. The maximum Gasteiger partial charge on any atom is 0.222 e. The largest absolute Gasteiger partial charge is 0.342 e. The van der Waals surface area contributed by atoms with Crippen LogP contribution < -0.4 is 0 Å². The fourth-order valence-electron chi connectivity index (χ4n) is 4.40. The molecular weight excluding hydrogens is 210 g/mol. The second-order valence-electron chi connectivity index (χ2n) is 6.73. The summed E-state index contributed by atoms with van der Waals surface area (Å²) in [5, 5.41) is 0. The molecule has 0 aromatic rings. The molecule has 3 aliphatic rings. The van der Waals surface area contributed by atoms with Crippen LogP contribution in [0.3, 0.4) is 0 Å². The van der Waals surface area contributed by atoms with Crippen molar-refractivity contribution in [1.29, 1.82) is 0 Å². The molecule has 2 aliphatic carbocycles. The minimum Gasteiger partial charge on any atom is -0.342 e. The molecule has 1 heterocycles. The molecule has 1 amide bonds. The lowest BCUT2D eigenvalue weighted by Gasteiger charge is -2.32. The number of carbonyl (C=O) groups is 1. The molecule has 1 aliphatic heterocycles. The van der Waals surface area contributed by atoms with Crippen LogP contribution in [0.15, 0.2) is 0 Å². The van der Waals surface area contributed by atoms with Crippen LogP contribution in [-0.2, 0) is 4.79 Å². The van der Waals surface area contributed by atoms with Crippen LogP contribution in [0.25, 0.3) is 0 Å². The van der Waals surface area contributed by atoms with Crippen molar-refractivity contribution in [2.75, 3.05) is 13.1 Å². The summed E-state index contributed by atoms with van der Waals surface area (Å²) >= 11 is 0. The zero-order chi connectivity index (χ0) is 11.8. The third-order valence-corrected chi connectivity index (χ3v) is 5.33. The number of hydrogen-bond acceptors (Lipinski definition) is 1. The molecule has 17 heavy (non-hydrogen) atoms. The number of hydrogen-bond donors (Lipinski definition) is 0. The first-order chi connectivity index (χ1) is 8.22. The Labute approximate surface area is 105 Å². The summed E-state index contributed by atoms with van der Waals surface area (Å²) in [7, 11) is 0. The van der Waals surface area contributed by atoms with Gasteiger partial charge in [0.25, 0.3) is 0 Å². The van der Waals surface area contributed by atoms with Gasteiger partial charge in [0.05, 0.1) is 0 Å². The zero-order valence-electron chi connectivity index (χ0n) is 11.0. The summed E-state index contributed by atoms with van der Waals surface area (Å²) < 4.78 is 0. The first-order valence-electron chi connectivity index (χ1n) is 7.50. The van der Waals surface area contributed by atoms with Gasteiger partial charge in [-0.1, -0.05) is 13.3 Å². The summed E-state index contributed by atoms with van der Waals surface area (Å²) in [6, 6.07) is 0. The molecule has 2 bridgehead atoms. The molecule has 2 heteroatoms. The Bertz CT molecular complexity index is 301. The quantitative estimate of drug-likeness (QED) is 0.720. The lowest BCUT2D eigenvalue weighted by atomic mass is 9.86. The van der Waals surface area contributed by atoms with Gasteiger partial charge in [-0.15, -0.1) is 0 Å². The lowest BCUT2D eigenvalue weighted by molar-refractivity contribution is -0.134. The van der Waals surface area contributed by atoms with Gasteiger partial charge in [-0.2, -0.15) is 0 Å². The molecule has 2 nitrogen and oxygen atoms in total. The molecule has 0 N–H and O–H groups in total. The van der Waals surface area contributed by atoms with E-state index in [0.29, 0.717) is 11.8 Å². The van der Waals surface area contributed by atoms with E-state index in [0.717, 1.165) is 37.3 Å². The minimum atomic E-state index is 0.453. The smallest absolute Gasteiger partial charge is 0.222 e. The number of nitrogens with zero attached hydrogens (tertiary/aromatic N) is 1.